The topological polar surface area (TPSA) is 34.0 Å². The standard InChI is InChI=1S/C14H13F3N2O/c15-14(16,17)10-18-13(20)12(19-8-4-5-9-19)11-6-2-1-3-7-11/h1-9,12H,10H2,(H,18,20)/t12-/m1/s1. The van der Waals surface area contributed by atoms with Crippen molar-refractivity contribution in [2.24, 2.45) is 0 Å². The van der Waals surface area contributed by atoms with Crippen LogP contribution in [0.1, 0.15) is 11.6 Å². The number of rotatable bonds is 4. The first kappa shape index (κ1) is 14.2. The zero-order valence-corrected chi connectivity index (χ0v) is 10.5. The van der Waals surface area contributed by atoms with Crippen molar-refractivity contribution in [2.45, 2.75) is 12.2 Å². The van der Waals surface area contributed by atoms with Gasteiger partial charge in [0.15, 0.2) is 0 Å². The van der Waals surface area contributed by atoms with Crippen molar-refractivity contribution in [2.75, 3.05) is 6.54 Å². The van der Waals surface area contributed by atoms with Crippen LogP contribution in [0.25, 0.3) is 0 Å². The molecular weight excluding hydrogens is 269 g/mol. The summed E-state index contributed by atoms with van der Waals surface area (Å²) in [6, 6.07) is 11.3. The van der Waals surface area contributed by atoms with Crippen LogP contribution in [0.3, 0.4) is 0 Å². The Balaban J connectivity index is 2.22. The monoisotopic (exact) mass is 282 g/mol. The van der Waals surface area contributed by atoms with E-state index < -0.39 is 24.7 Å². The average Bonchev–Trinajstić information content (AvgIpc) is 2.91. The Morgan fingerprint density at radius 3 is 2.25 bits per heavy atom. The number of hydrogen-bond acceptors (Lipinski definition) is 1. The van der Waals surface area contributed by atoms with Gasteiger partial charge in [-0.1, -0.05) is 30.3 Å². The van der Waals surface area contributed by atoms with Crippen molar-refractivity contribution in [3.63, 3.8) is 0 Å². The normalized spacial score (nSPS) is 12.9. The average molecular weight is 282 g/mol. The molecule has 0 saturated heterocycles. The highest BCUT2D eigenvalue weighted by atomic mass is 19.4. The molecule has 1 aromatic carbocycles. The predicted octanol–water partition coefficient (Wildman–Crippen LogP) is 2.76. The van der Waals surface area contributed by atoms with Crippen molar-refractivity contribution in [3.8, 4) is 0 Å². The zero-order valence-electron chi connectivity index (χ0n) is 10.5. The Morgan fingerprint density at radius 1 is 1.10 bits per heavy atom. The van der Waals surface area contributed by atoms with Gasteiger partial charge in [-0.3, -0.25) is 4.79 Å². The minimum atomic E-state index is -4.42. The summed E-state index contributed by atoms with van der Waals surface area (Å²) >= 11 is 0. The number of nitrogens with one attached hydrogen (secondary N) is 1. The van der Waals surface area contributed by atoms with Crippen LogP contribution in [0.2, 0.25) is 0 Å². The van der Waals surface area contributed by atoms with E-state index in [1.54, 1.807) is 59.4 Å². The van der Waals surface area contributed by atoms with Gasteiger partial charge in [-0.15, -0.1) is 0 Å². The molecule has 2 rings (SSSR count). The van der Waals surface area contributed by atoms with Crippen LogP contribution < -0.4 is 5.32 Å². The highest BCUT2D eigenvalue weighted by Gasteiger charge is 2.30. The molecule has 0 unspecified atom stereocenters. The molecule has 0 saturated carbocycles. The van der Waals surface area contributed by atoms with Crippen molar-refractivity contribution in [1.29, 1.82) is 0 Å². The minimum Gasteiger partial charge on any atom is -0.345 e. The molecule has 0 bridgehead atoms. The molecule has 0 radical (unpaired) electrons. The van der Waals surface area contributed by atoms with Crippen LogP contribution in [0, 0.1) is 0 Å². The number of carbonyl (C=O) groups excluding carboxylic acids is 1. The Hall–Kier alpha value is -2.24. The fourth-order valence-electron chi connectivity index (χ4n) is 1.90. The molecule has 0 fully saturated rings. The molecule has 1 atom stereocenters. The fourth-order valence-corrected chi connectivity index (χ4v) is 1.90. The lowest BCUT2D eigenvalue weighted by Gasteiger charge is -2.19. The number of halogens is 3. The summed E-state index contributed by atoms with van der Waals surface area (Å²) in [5.41, 5.74) is 0.628. The van der Waals surface area contributed by atoms with Gasteiger partial charge in [0.25, 0.3) is 0 Å². The van der Waals surface area contributed by atoms with Gasteiger partial charge in [0, 0.05) is 12.4 Å². The molecule has 2 aromatic rings. The lowest BCUT2D eigenvalue weighted by Crippen LogP contribution is -2.38. The second-order valence-electron chi connectivity index (χ2n) is 4.28. The summed E-state index contributed by atoms with van der Waals surface area (Å²) in [5, 5.41) is 1.92. The summed E-state index contributed by atoms with van der Waals surface area (Å²) < 4.78 is 38.2. The Bertz CT molecular complexity index is 550. The smallest absolute Gasteiger partial charge is 0.345 e. The molecule has 6 heteroatoms. The van der Waals surface area contributed by atoms with Gasteiger partial charge < -0.3 is 9.88 Å². The molecule has 1 amide bonds. The van der Waals surface area contributed by atoms with E-state index in [1.165, 1.54) is 0 Å². The van der Waals surface area contributed by atoms with Crippen molar-refractivity contribution >= 4 is 5.91 Å². The summed E-state index contributed by atoms with van der Waals surface area (Å²) in [6.45, 7) is -1.34. The third-order valence-electron chi connectivity index (χ3n) is 2.75. The first-order chi connectivity index (χ1) is 9.47. The maximum absolute atomic E-state index is 12.2. The quantitative estimate of drug-likeness (QED) is 0.919. The first-order valence-corrected chi connectivity index (χ1v) is 5.99. The Labute approximate surface area is 114 Å². The fraction of sp³-hybridized carbons (Fsp3) is 0.214. The van der Waals surface area contributed by atoms with Gasteiger partial charge in [-0.2, -0.15) is 13.2 Å². The van der Waals surface area contributed by atoms with Gasteiger partial charge in [-0.05, 0) is 17.7 Å². The van der Waals surface area contributed by atoms with Crippen molar-refractivity contribution < 1.29 is 18.0 Å². The molecule has 106 valence electrons. The minimum absolute atomic E-state index is 0.628. The van der Waals surface area contributed by atoms with Crippen LogP contribution in [-0.4, -0.2) is 23.2 Å². The van der Waals surface area contributed by atoms with E-state index in [2.05, 4.69) is 0 Å². The molecular formula is C14H13F3N2O. The van der Waals surface area contributed by atoms with E-state index in [0.29, 0.717) is 5.56 Å². The molecule has 0 spiro atoms. The van der Waals surface area contributed by atoms with Gasteiger partial charge in [0.05, 0.1) is 0 Å². The van der Waals surface area contributed by atoms with E-state index in [1.807, 2.05) is 5.32 Å². The van der Waals surface area contributed by atoms with Crippen LogP contribution in [0.5, 0.6) is 0 Å². The van der Waals surface area contributed by atoms with Crippen LogP contribution in [-0.2, 0) is 4.79 Å². The van der Waals surface area contributed by atoms with E-state index in [0.717, 1.165) is 0 Å². The van der Waals surface area contributed by atoms with E-state index in [9.17, 15) is 18.0 Å². The number of benzene rings is 1. The maximum Gasteiger partial charge on any atom is 0.405 e. The molecule has 0 aliphatic carbocycles. The predicted molar refractivity (Wildman–Crippen MR) is 68.1 cm³/mol. The lowest BCUT2D eigenvalue weighted by atomic mass is 10.1. The van der Waals surface area contributed by atoms with Crippen LogP contribution in [0.15, 0.2) is 54.9 Å². The number of nitrogens with zero attached hydrogens (tertiary/aromatic N) is 1. The second kappa shape index (κ2) is 5.81. The number of alkyl halides is 3. The van der Waals surface area contributed by atoms with Crippen LogP contribution >= 0.6 is 0 Å². The van der Waals surface area contributed by atoms with Crippen LogP contribution in [0.4, 0.5) is 13.2 Å². The molecule has 20 heavy (non-hydrogen) atoms. The third-order valence-corrected chi connectivity index (χ3v) is 2.75. The number of aromatic nitrogens is 1. The molecule has 0 aliphatic rings. The number of hydrogen-bond donors (Lipinski definition) is 1. The van der Waals surface area contributed by atoms with Gasteiger partial charge in [-0.25, -0.2) is 0 Å². The molecule has 3 nitrogen and oxygen atoms in total. The lowest BCUT2D eigenvalue weighted by molar-refractivity contribution is -0.139. The Kier molecular flexibility index (Phi) is 4.12. The van der Waals surface area contributed by atoms with Crippen molar-refractivity contribution in [3.05, 3.63) is 60.4 Å². The summed E-state index contributed by atoms with van der Waals surface area (Å²) in [7, 11) is 0. The number of amides is 1. The van der Waals surface area contributed by atoms with Gasteiger partial charge in [0.1, 0.15) is 12.6 Å². The van der Waals surface area contributed by atoms with E-state index >= 15 is 0 Å². The molecule has 1 aromatic heterocycles. The third kappa shape index (κ3) is 3.63. The zero-order chi connectivity index (χ0) is 14.6. The maximum atomic E-state index is 12.2. The highest BCUT2D eigenvalue weighted by Crippen LogP contribution is 2.20. The first-order valence-electron chi connectivity index (χ1n) is 5.99. The van der Waals surface area contributed by atoms with Gasteiger partial charge in [0.2, 0.25) is 5.91 Å². The second-order valence-corrected chi connectivity index (χ2v) is 4.28. The number of carbonyl (C=O) groups is 1. The summed E-state index contributed by atoms with van der Waals surface area (Å²) in [6.07, 6.45) is -1.14. The SMILES string of the molecule is O=C(NCC(F)(F)F)[C@@H](c1ccccc1)n1cccc1. The summed E-state index contributed by atoms with van der Waals surface area (Å²) in [5.74, 6) is -0.690. The Morgan fingerprint density at radius 2 is 1.70 bits per heavy atom. The molecule has 1 N–H and O–H groups in total. The molecule has 0 aliphatic heterocycles. The highest BCUT2D eigenvalue weighted by molar-refractivity contribution is 5.83. The molecule has 1 heterocycles. The van der Waals surface area contributed by atoms with E-state index in [4.69, 9.17) is 0 Å². The van der Waals surface area contributed by atoms with Gasteiger partial charge >= 0.3 is 6.18 Å². The van der Waals surface area contributed by atoms with E-state index in [-0.39, 0.29) is 0 Å². The largest absolute Gasteiger partial charge is 0.405 e. The summed E-state index contributed by atoms with van der Waals surface area (Å²) in [4.78, 5) is 12.1. The van der Waals surface area contributed by atoms with Crippen molar-refractivity contribution in [1.82, 2.24) is 9.88 Å².